The van der Waals surface area contributed by atoms with Crippen LogP contribution in [0.15, 0.2) is 0 Å². The zero-order chi connectivity index (χ0) is 8.81. The zero-order valence-corrected chi connectivity index (χ0v) is 7.97. The topological polar surface area (TPSA) is 12.0 Å². The van der Waals surface area contributed by atoms with Crippen LogP contribution in [0.25, 0.3) is 0 Å². The smallest absolute Gasteiger partial charge is 0.0573 e. The van der Waals surface area contributed by atoms with Gasteiger partial charge in [0.1, 0.15) is 0 Å². The summed E-state index contributed by atoms with van der Waals surface area (Å²) in [5.41, 5.74) is 0. The van der Waals surface area contributed by atoms with Crippen LogP contribution in [0.1, 0.15) is 32.6 Å². The summed E-state index contributed by atoms with van der Waals surface area (Å²) < 4.78 is 0. The molecule has 1 fully saturated rings. The van der Waals surface area contributed by atoms with Gasteiger partial charge in [0.2, 0.25) is 0 Å². The monoisotopic (exact) mass is 165 g/mol. The summed E-state index contributed by atoms with van der Waals surface area (Å²) in [6.45, 7) is 4.20. The fourth-order valence-electron chi connectivity index (χ4n) is 2.09. The number of hydrogen-bond donors (Lipinski definition) is 1. The molecule has 0 aromatic rings. The predicted octanol–water partition coefficient (Wildman–Crippen LogP) is 2.04. The van der Waals surface area contributed by atoms with Gasteiger partial charge in [0, 0.05) is 0 Å². The highest BCUT2D eigenvalue weighted by molar-refractivity contribution is 4.87. The number of nitrogens with one attached hydrogen (secondary N) is 1. The van der Waals surface area contributed by atoms with Gasteiger partial charge in [0.15, 0.2) is 0 Å². The Morgan fingerprint density at radius 3 is 3.00 bits per heavy atom. The highest BCUT2D eigenvalue weighted by Gasteiger charge is 2.17. The van der Waals surface area contributed by atoms with E-state index in [1.807, 2.05) is 0 Å². The minimum absolute atomic E-state index is 0.727. The van der Waals surface area contributed by atoms with Crippen LogP contribution in [0.3, 0.4) is 0 Å². The van der Waals surface area contributed by atoms with Gasteiger partial charge in [-0.1, -0.05) is 25.7 Å². The van der Waals surface area contributed by atoms with Gasteiger partial charge in [-0.2, -0.15) is 0 Å². The third-order valence-corrected chi connectivity index (χ3v) is 2.71. The van der Waals surface area contributed by atoms with Crippen LogP contribution in [-0.2, 0) is 0 Å². The van der Waals surface area contributed by atoms with Crippen molar-refractivity contribution in [3.8, 4) is 12.3 Å². The van der Waals surface area contributed by atoms with Crippen LogP contribution < -0.4 is 5.32 Å². The lowest BCUT2D eigenvalue weighted by atomic mass is 9.82. The first-order chi connectivity index (χ1) is 5.83. The quantitative estimate of drug-likeness (QED) is 0.498. The maximum Gasteiger partial charge on any atom is 0.0573 e. The number of hydrogen-bond acceptors (Lipinski definition) is 1. The molecule has 68 valence electrons. The molecular formula is C11H19N. The van der Waals surface area contributed by atoms with Crippen LogP contribution in [-0.4, -0.2) is 13.1 Å². The molecule has 12 heavy (non-hydrogen) atoms. The third-order valence-electron chi connectivity index (χ3n) is 2.71. The van der Waals surface area contributed by atoms with Gasteiger partial charge in [0.05, 0.1) is 6.54 Å². The Kier molecular flexibility index (Phi) is 4.18. The van der Waals surface area contributed by atoms with Gasteiger partial charge in [0.25, 0.3) is 0 Å². The van der Waals surface area contributed by atoms with E-state index < -0.39 is 0 Å². The van der Waals surface area contributed by atoms with Crippen molar-refractivity contribution in [3.63, 3.8) is 0 Å². The molecule has 0 aliphatic heterocycles. The van der Waals surface area contributed by atoms with E-state index in [2.05, 4.69) is 18.2 Å². The minimum atomic E-state index is 0.727. The van der Waals surface area contributed by atoms with E-state index in [4.69, 9.17) is 6.42 Å². The van der Waals surface area contributed by atoms with E-state index >= 15 is 0 Å². The van der Waals surface area contributed by atoms with Crippen LogP contribution in [0, 0.1) is 24.2 Å². The minimum Gasteiger partial charge on any atom is -0.306 e. The molecule has 0 aromatic carbocycles. The Labute approximate surface area is 75.9 Å². The fourth-order valence-corrected chi connectivity index (χ4v) is 2.09. The molecule has 1 nitrogen and oxygen atoms in total. The number of terminal acetylenes is 1. The van der Waals surface area contributed by atoms with Crippen molar-refractivity contribution in [2.75, 3.05) is 13.1 Å². The third kappa shape index (κ3) is 3.28. The Morgan fingerprint density at radius 1 is 1.50 bits per heavy atom. The van der Waals surface area contributed by atoms with Crippen LogP contribution in [0.4, 0.5) is 0 Å². The van der Waals surface area contributed by atoms with E-state index in [1.54, 1.807) is 0 Å². The summed E-state index contributed by atoms with van der Waals surface area (Å²) in [4.78, 5) is 0. The Morgan fingerprint density at radius 2 is 2.33 bits per heavy atom. The molecule has 0 amide bonds. The van der Waals surface area contributed by atoms with Crippen molar-refractivity contribution >= 4 is 0 Å². The van der Waals surface area contributed by atoms with E-state index in [9.17, 15) is 0 Å². The largest absolute Gasteiger partial charge is 0.306 e. The van der Waals surface area contributed by atoms with Crippen molar-refractivity contribution in [2.45, 2.75) is 32.6 Å². The first-order valence-electron chi connectivity index (χ1n) is 4.97. The molecule has 1 rings (SSSR count). The van der Waals surface area contributed by atoms with Crippen LogP contribution >= 0.6 is 0 Å². The van der Waals surface area contributed by atoms with Gasteiger partial charge in [-0.3, -0.25) is 0 Å². The van der Waals surface area contributed by atoms with E-state index in [-0.39, 0.29) is 0 Å². The molecule has 2 atom stereocenters. The molecule has 0 saturated heterocycles. The molecule has 0 heterocycles. The summed E-state index contributed by atoms with van der Waals surface area (Å²) in [6, 6.07) is 0. The molecule has 0 radical (unpaired) electrons. The maximum absolute atomic E-state index is 5.16. The van der Waals surface area contributed by atoms with Crippen molar-refractivity contribution < 1.29 is 0 Å². The van der Waals surface area contributed by atoms with Gasteiger partial charge in [-0.25, -0.2) is 0 Å². The second-order valence-electron chi connectivity index (χ2n) is 3.97. The Hall–Kier alpha value is -0.480. The summed E-state index contributed by atoms with van der Waals surface area (Å²) in [6.07, 6.45) is 10.8. The summed E-state index contributed by atoms with van der Waals surface area (Å²) in [5.74, 6) is 4.41. The highest BCUT2D eigenvalue weighted by atomic mass is 14.8. The van der Waals surface area contributed by atoms with Crippen molar-refractivity contribution in [1.29, 1.82) is 0 Å². The average Bonchev–Trinajstić information content (AvgIpc) is 2.05. The van der Waals surface area contributed by atoms with Gasteiger partial charge in [-0.05, 0) is 31.2 Å². The Bertz CT molecular complexity index is 157. The molecule has 2 unspecified atom stereocenters. The normalized spacial score (nSPS) is 29.7. The van der Waals surface area contributed by atoms with E-state index in [0.29, 0.717) is 0 Å². The first kappa shape index (κ1) is 9.61. The standard InChI is InChI=1S/C11H19N/c1-3-7-12-9-11-6-4-5-10(2)8-11/h1,10-12H,4-9H2,2H3. The first-order valence-corrected chi connectivity index (χ1v) is 4.97. The predicted molar refractivity (Wildman–Crippen MR) is 52.8 cm³/mol. The average molecular weight is 165 g/mol. The molecule has 1 N–H and O–H groups in total. The highest BCUT2D eigenvalue weighted by Crippen LogP contribution is 2.27. The van der Waals surface area contributed by atoms with E-state index in [1.165, 1.54) is 25.7 Å². The van der Waals surface area contributed by atoms with Gasteiger partial charge >= 0.3 is 0 Å². The molecule has 1 saturated carbocycles. The maximum atomic E-state index is 5.16. The molecular weight excluding hydrogens is 146 g/mol. The SMILES string of the molecule is C#CCNCC1CCCC(C)C1. The van der Waals surface area contributed by atoms with Crippen LogP contribution in [0.2, 0.25) is 0 Å². The van der Waals surface area contributed by atoms with Gasteiger partial charge in [-0.15, -0.1) is 6.42 Å². The van der Waals surface area contributed by atoms with Crippen molar-refractivity contribution in [2.24, 2.45) is 11.8 Å². The van der Waals surface area contributed by atoms with Gasteiger partial charge < -0.3 is 5.32 Å². The number of rotatable bonds is 3. The second-order valence-corrected chi connectivity index (χ2v) is 3.97. The molecule has 0 bridgehead atoms. The fraction of sp³-hybridized carbons (Fsp3) is 0.818. The summed E-state index contributed by atoms with van der Waals surface area (Å²) in [7, 11) is 0. The lowest BCUT2D eigenvalue weighted by molar-refractivity contribution is 0.277. The second kappa shape index (κ2) is 5.22. The molecule has 1 heteroatoms. The molecule has 1 aliphatic carbocycles. The summed E-state index contributed by atoms with van der Waals surface area (Å²) in [5, 5.41) is 3.29. The lowest BCUT2D eigenvalue weighted by Crippen LogP contribution is -2.26. The van der Waals surface area contributed by atoms with Crippen LogP contribution in [0.5, 0.6) is 0 Å². The van der Waals surface area contributed by atoms with E-state index in [0.717, 1.165) is 24.9 Å². The lowest BCUT2D eigenvalue weighted by Gasteiger charge is -2.26. The van der Waals surface area contributed by atoms with Crippen molar-refractivity contribution in [1.82, 2.24) is 5.32 Å². The van der Waals surface area contributed by atoms with Crippen molar-refractivity contribution in [3.05, 3.63) is 0 Å². The molecule has 0 aromatic heterocycles. The molecule has 1 aliphatic rings. The zero-order valence-electron chi connectivity index (χ0n) is 7.97. The molecule has 0 spiro atoms. The summed E-state index contributed by atoms with van der Waals surface area (Å²) >= 11 is 0. The Balaban J connectivity index is 2.11.